The Kier molecular flexibility index (Phi) is 3.57. The smallest absolute Gasteiger partial charge is 0.406 e. The highest BCUT2D eigenvalue weighted by Crippen LogP contribution is 2.25. The lowest BCUT2D eigenvalue weighted by Gasteiger charge is -2.12. The number of alkyl halides is 3. The molecule has 84 valence electrons. The van der Waals surface area contributed by atoms with E-state index in [1.807, 2.05) is 0 Å². The Labute approximate surface area is 85.3 Å². The van der Waals surface area contributed by atoms with Crippen molar-refractivity contribution in [2.45, 2.75) is 19.2 Å². The molecule has 0 unspecified atom stereocenters. The molecule has 0 saturated heterocycles. The molecule has 0 bridgehead atoms. The van der Waals surface area contributed by atoms with Crippen molar-refractivity contribution in [3.8, 4) is 5.75 Å². The Bertz CT molecular complexity index is 323. The van der Waals surface area contributed by atoms with Crippen LogP contribution in [0.25, 0.3) is 0 Å². The van der Waals surface area contributed by atoms with Gasteiger partial charge in [-0.25, -0.2) is 0 Å². The van der Waals surface area contributed by atoms with E-state index < -0.39 is 6.36 Å². The van der Waals surface area contributed by atoms with E-state index in [2.05, 4.69) is 4.74 Å². The third-order valence-electron chi connectivity index (χ3n) is 1.93. The highest BCUT2D eigenvalue weighted by molar-refractivity contribution is 5.30. The highest BCUT2D eigenvalue weighted by atomic mass is 19.4. The minimum Gasteiger partial charge on any atom is -0.406 e. The Balaban J connectivity index is 2.83. The van der Waals surface area contributed by atoms with Crippen LogP contribution in [-0.2, 0) is 0 Å². The van der Waals surface area contributed by atoms with Crippen molar-refractivity contribution in [3.63, 3.8) is 0 Å². The molecule has 2 nitrogen and oxygen atoms in total. The molecule has 1 aromatic rings. The maximum absolute atomic E-state index is 11.9. The number of ether oxygens (including phenoxy) is 1. The van der Waals surface area contributed by atoms with Gasteiger partial charge in [-0.15, -0.1) is 13.2 Å². The van der Waals surface area contributed by atoms with Crippen LogP contribution in [0.4, 0.5) is 13.2 Å². The van der Waals surface area contributed by atoms with E-state index >= 15 is 0 Å². The maximum Gasteiger partial charge on any atom is 0.573 e. The Morgan fingerprint density at radius 3 is 2.60 bits per heavy atom. The van der Waals surface area contributed by atoms with E-state index in [9.17, 15) is 13.2 Å². The fourth-order valence-corrected chi connectivity index (χ4v) is 1.12. The van der Waals surface area contributed by atoms with Crippen LogP contribution in [0.3, 0.4) is 0 Å². The second-order valence-corrected chi connectivity index (χ2v) is 3.20. The molecule has 1 rings (SSSR count). The summed E-state index contributed by atoms with van der Waals surface area (Å²) in [6, 6.07) is 5.60. The summed E-state index contributed by atoms with van der Waals surface area (Å²) in [7, 11) is 0. The van der Waals surface area contributed by atoms with Gasteiger partial charge >= 0.3 is 6.36 Å². The summed E-state index contributed by atoms with van der Waals surface area (Å²) >= 11 is 0. The van der Waals surface area contributed by atoms with Crippen molar-refractivity contribution in [1.82, 2.24) is 0 Å². The number of benzene rings is 1. The van der Waals surface area contributed by atoms with Crippen LogP contribution >= 0.6 is 0 Å². The quantitative estimate of drug-likeness (QED) is 0.848. The molecule has 0 radical (unpaired) electrons. The van der Waals surface area contributed by atoms with Crippen molar-refractivity contribution in [2.24, 2.45) is 0 Å². The number of rotatable bonds is 3. The SMILES string of the molecule is C[C@H](CO)c1cccc(OC(F)(F)F)c1. The van der Waals surface area contributed by atoms with Gasteiger partial charge in [0.15, 0.2) is 0 Å². The largest absolute Gasteiger partial charge is 0.573 e. The van der Waals surface area contributed by atoms with Crippen LogP contribution in [0.5, 0.6) is 5.75 Å². The van der Waals surface area contributed by atoms with Gasteiger partial charge in [0.1, 0.15) is 5.75 Å². The van der Waals surface area contributed by atoms with Gasteiger partial charge in [0, 0.05) is 12.5 Å². The molecule has 1 aromatic carbocycles. The molecular formula is C10H11F3O2. The van der Waals surface area contributed by atoms with Crippen LogP contribution < -0.4 is 4.74 Å². The molecule has 1 atom stereocenters. The van der Waals surface area contributed by atoms with Gasteiger partial charge in [-0.1, -0.05) is 19.1 Å². The number of aliphatic hydroxyl groups is 1. The molecule has 0 spiro atoms. The summed E-state index contributed by atoms with van der Waals surface area (Å²) in [6.07, 6.45) is -4.68. The molecule has 0 aromatic heterocycles. The minimum atomic E-state index is -4.68. The zero-order valence-corrected chi connectivity index (χ0v) is 8.08. The summed E-state index contributed by atoms with van der Waals surface area (Å²) in [5.74, 6) is -0.470. The first-order valence-corrected chi connectivity index (χ1v) is 4.39. The molecule has 0 heterocycles. The van der Waals surface area contributed by atoms with Gasteiger partial charge in [-0.3, -0.25) is 0 Å². The summed E-state index contributed by atoms with van der Waals surface area (Å²) in [5, 5.41) is 8.85. The van der Waals surface area contributed by atoms with Gasteiger partial charge < -0.3 is 9.84 Å². The summed E-state index contributed by atoms with van der Waals surface area (Å²) in [5.41, 5.74) is 0.610. The van der Waals surface area contributed by atoms with Crippen LogP contribution in [0.1, 0.15) is 18.4 Å². The second-order valence-electron chi connectivity index (χ2n) is 3.20. The number of hydrogen-bond acceptors (Lipinski definition) is 2. The van der Waals surface area contributed by atoms with Crippen LogP contribution in [0.2, 0.25) is 0 Å². The zero-order chi connectivity index (χ0) is 11.5. The van der Waals surface area contributed by atoms with Crippen LogP contribution in [-0.4, -0.2) is 18.1 Å². The van der Waals surface area contributed by atoms with Crippen molar-refractivity contribution in [1.29, 1.82) is 0 Å². The lowest BCUT2D eigenvalue weighted by atomic mass is 10.0. The van der Waals surface area contributed by atoms with Crippen molar-refractivity contribution >= 4 is 0 Å². The fraction of sp³-hybridized carbons (Fsp3) is 0.400. The number of hydrogen-bond donors (Lipinski definition) is 1. The van der Waals surface area contributed by atoms with E-state index in [0.717, 1.165) is 0 Å². The molecule has 0 aliphatic rings. The van der Waals surface area contributed by atoms with Gasteiger partial charge in [-0.05, 0) is 17.7 Å². The molecule has 0 aliphatic carbocycles. The predicted octanol–water partition coefficient (Wildman–Crippen LogP) is 2.68. The van der Waals surface area contributed by atoms with E-state index in [-0.39, 0.29) is 18.3 Å². The van der Waals surface area contributed by atoms with Crippen LogP contribution in [0.15, 0.2) is 24.3 Å². The molecule has 1 N–H and O–H groups in total. The van der Waals surface area contributed by atoms with Gasteiger partial charge in [0.25, 0.3) is 0 Å². The van der Waals surface area contributed by atoms with Crippen molar-refractivity contribution in [3.05, 3.63) is 29.8 Å². The first-order chi connectivity index (χ1) is 6.92. The zero-order valence-electron chi connectivity index (χ0n) is 8.08. The first-order valence-electron chi connectivity index (χ1n) is 4.39. The molecule has 0 aliphatic heterocycles. The Morgan fingerprint density at radius 2 is 2.07 bits per heavy atom. The molecule has 5 heteroatoms. The van der Waals surface area contributed by atoms with Crippen molar-refractivity contribution < 1.29 is 23.0 Å². The minimum absolute atomic E-state index is 0.116. The lowest BCUT2D eigenvalue weighted by Crippen LogP contribution is -2.17. The van der Waals surface area contributed by atoms with Crippen molar-refractivity contribution in [2.75, 3.05) is 6.61 Å². The second kappa shape index (κ2) is 4.53. The van der Waals surface area contributed by atoms with Gasteiger partial charge in [-0.2, -0.15) is 0 Å². The summed E-state index contributed by atoms with van der Waals surface area (Å²) in [4.78, 5) is 0. The molecule has 0 saturated carbocycles. The topological polar surface area (TPSA) is 29.5 Å². The normalized spacial score (nSPS) is 13.7. The average Bonchev–Trinajstić information content (AvgIpc) is 2.14. The first kappa shape index (κ1) is 11.8. The molecular weight excluding hydrogens is 209 g/mol. The Hall–Kier alpha value is -1.23. The van der Waals surface area contributed by atoms with E-state index in [1.54, 1.807) is 13.0 Å². The van der Waals surface area contributed by atoms with E-state index in [1.165, 1.54) is 18.2 Å². The molecule has 0 amide bonds. The lowest BCUT2D eigenvalue weighted by molar-refractivity contribution is -0.274. The van der Waals surface area contributed by atoms with Gasteiger partial charge in [0.05, 0.1) is 0 Å². The highest BCUT2D eigenvalue weighted by Gasteiger charge is 2.31. The standard InChI is InChI=1S/C10H11F3O2/c1-7(6-14)8-3-2-4-9(5-8)15-10(11,12)13/h2-5,7,14H,6H2,1H3/t7-/m1/s1. The monoisotopic (exact) mass is 220 g/mol. The third-order valence-corrected chi connectivity index (χ3v) is 1.93. The molecule has 15 heavy (non-hydrogen) atoms. The number of aliphatic hydroxyl groups excluding tert-OH is 1. The molecule has 0 fully saturated rings. The predicted molar refractivity (Wildman–Crippen MR) is 48.6 cm³/mol. The van der Waals surface area contributed by atoms with E-state index in [4.69, 9.17) is 5.11 Å². The van der Waals surface area contributed by atoms with Crippen LogP contribution in [0, 0.1) is 0 Å². The Morgan fingerprint density at radius 1 is 1.40 bits per heavy atom. The third kappa shape index (κ3) is 3.79. The maximum atomic E-state index is 11.9. The number of halogens is 3. The average molecular weight is 220 g/mol. The summed E-state index contributed by atoms with van der Waals surface area (Å²) < 4.78 is 39.4. The summed E-state index contributed by atoms with van der Waals surface area (Å²) in [6.45, 7) is 1.60. The fourth-order valence-electron chi connectivity index (χ4n) is 1.12. The van der Waals surface area contributed by atoms with E-state index in [0.29, 0.717) is 5.56 Å². The van der Waals surface area contributed by atoms with Gasteiger partial charge in [0.2, 0.25) is 0 Å².